The Hall–Kier alpha value is -4.04. The van der Waals surface area contributed by atoms with Crippen molar-refractivity contribution in [3.63, 3.8) is 0 Å². The fourth-order valence-corrected chi connectivity index (χ4v) is 42.6. The van der Waals surface area contributed by atoms with Gasteiger partial charge in [-0.05, 0) is 0 Å². The number of rotatable bonds is 9. The zero-order valence-corrected chi connectivity index (χ0v) is 39.0. The molecule has 0 spiro atoms. The molecule has 0 radical (unpaired) electrons. The number of fused-ring (bicyclic) bond motifs is 8. The first-order chi connectivity index (χ1) is 28.2. The molecule has 287 valence electrons. The molecule has 0 heterocycles. The van der Waals surface area contributed by atoms with Crippen molar-refractivity contribution in [3.8, 4) is 22.3 Å². The molecule has 2 atom stereocenters. The molecule has 8 aromatic rings. The van der Waals surface area contributed by atoms with E-state index >= 15 is 0 Å². The number of halogens is 2. The van der Waals surface area contributed by atoms with E-state index in [4.69, 9.17) is 17.0 Å². The van der Waals surface area contributed by atoms with Gasteiger partial charge < -0.3 is 0 Å². The predicted molar refractivity (Wildman–Crippen MR) is 256 cm³/mol. The second-order valence-corrected chi connectivity index (χ2v) is 59.7. The molecule has 0 saturated carbocycles. The second kappa shape index (κ2) is 14.6. The van der Waals surface area contributed by atoms with E-state index in [0.29, 0.717) is 0 Å². The van der Waals surface area contributed by atoms with Gasteiger partial charge in [0.1, 0.15) is 0 Å². The molecule has 0 aromatic heterocycles. The van der Waals surface area contributed by atoms with Gasteiger partial charge in [-0.25, -0.2) is 0 Å². The quantitative estimate of drug-likeness (QED) is 0.100. The molecule has 0 aliphatic heterocycles. The van der Waals surface area contributed by atoms with Crippen LogP contribution >= 0.6 is 17.0 Å². The minimum atomic E-state index is -5.02. The molecular formula is C54H49Cl2SiZr. The van der Waals surface area contributed by atoms with Crippen LogP contribution in [-0.4, -0.2) is 5.92 Å². The Labute approximate surface area is 352 Å². The Bertz CT molecular complexity index is 2830. The fourth-order valence-electron chi connectivity index (χ4n) is 11.1. The molecule has 10 rings (SSSR count). The van der Waals surface area contributed by atoms with E-state index in [0.717, 1.165) is 25.7 Å². The van der Waals surface area contributed by atoms with Gasteiger partial charge in [0.05, 0.1) is 0 Å². The Morgan fingerprint density at radius 3 is 1.22 bits per heavy atom. The SMILES string of the molecule is CCCC1=Cc2c(-c3cc4ccccc4c4ccccc34)cccc2[CH]1[Zr]([Cl])([Cl])([CH]1C(CCC)=Cc2c(-c3cc4ccccc4c4ccccc34)cccc21)[SiH](C)C. The van der Waals surface area contributed by atoms with Gasteiger partial charge in [-0.15, -0.1) is 0 Å². The van der Waals surface area contributed by atoms with Crippen molar-refractivity contribution in [2.45, 2.75) is 59.9 Å². The maximum atomic E-state index is 8.96. The van der Waals surface area contributed by atoms with Gasteiger partial charge in [0.15, 0.2) is 0 Å². The zero-order chi connectivity index (χ0) is 39.8. The first-order valence-corrected chi connectivity index (χ1v) is 37.6. The summed E-state index contributed by atoms with van der Waals surface area (Å²) in [5.74, 6) is -1.73. The Morgan fingerprint density at radius 2 is 0.828 bits per heavy atom. The van der Waals surface area contributed by atoms with Crippen LogP contribution in [0.4, 0.5) is 0 Å². The summed E-state index contributed by atoms with van der Waals surface area (Å²) in [6.07, 6.45) is 9.18. The van der Waals surface area contributed by atoms with Crippen LogP contribution in [0.25, 0.3) is 77.5 Å². The predicted octanol–water partition coefficient (Wildman–Crippen LogP) is 16.8. The van der Waals surface area contributed by atoms with Gasteiger partial charge in [0.2, 0.25) is 0 Å². The topological polar surface area (TPSA) is 0 Å². The summed E-state index contributed by atoms with van der Waals surface area (Å²) < 4.78 is 0.110. The van der Waals surface area contributed by atoms with Crippen LogP contribution < -0.4 is 0 Å². The molecule has 0 nitrogen and oxygen atoms in total. The van der Waals surface area contributed by atoms with Crippen molar-refractivity contribution >= 4 is 78.2 Å². The Kier molecular flexibility index (Phi) is 9.61. The molecule has 2 aliphatic carbocycles. The molecule has 0 N–H and O–H groups in total. The normalized spacial score (nSPS) is 17.1. The van der Waals surface area contributed by atoms with E-state index in [1.54, 1.807) is 0 Å². The van der Waals surface area contributed by atoms with Crippen molar-refractivity contribution in [1.82, 2.24) is 0 Å². The summed E-state index contributed by atoms with van der Waals surface area (Å²) in [7, 11) is 17.9. The number of benzene rings is 8. The molecule has 0 saturated heterocycles. The molecule has 0 fully saturated rings. The number of hydrogen-bond acceptors (Lipinski definition) is 0. The molecular weight excluding hydrogens is 839 g/mol. The molecule has 0 bridgehead atoms. The van der Waals surface area contributed by atoms with Crippen LogP contribution in [0, 0.1) is 0 Å². The van der Waals surface area contributed by atoms with E-state index in [2.05, 4.69) is 185 Å². The van der Waals surface area contributed by atoms with Crippen LogP contribution in [0.15, 0.2) is 157 Å². The second-order valence-electron chi connectivity index (χ2n) is 17.2. The molecule has 2 aliphatic rings. The maximum absolute atomic E-state index is 8.96. The Morgan fingerprint density at radius 1 is 0.448 bits per heavy atom. The summed E-state index contributed by atoms with van der Waals surface area (Å²) in [6, 6.07) is 54.3. The van der Waals surface area contributed by atoms with Crippen molar-refractivity contribution in [2.75, 3.05) is 0 Å². The molecule has 8 aromatic carbocycles. The van der Waals surface area contributed by atoms with Gasteiger partial charge in [-0.2, -0.15) is 0 Å². The summed E-state index contributed by atoms with van der Waals surface area (Å²) in [6.45, 7) is 9.59. The van der Waals surface area contributed by atoms with E-state index in [1.165, 1.54) is 98.7 Å². The van der Waals surface area contributed by atoms with E-state index in [9.17, 15) is 0 Å². The molecule has 2 unspecified atom stereocenters. The van der Waals surface area contributed by atoms with Crippen LogP contribution in [0.3, 0.4) is 0 Å². The fraction of sp³-hybridized carbons (Fsp3) is 0.185. The third-order valence-corrected chi connectivity index (χ3v) is 65.6. The van der Waals surface area contributed by atoms with Gasteiger partial charge in [-0.3, -0.25) is 0 Å². The van der Waals surface area contributed by atoms with E-state index < -0.39 is 21.5 Å². The van der Waals surface area contributed by atoms with Crippen LogP contribution in [0.2, 0.25) is 13.1 Å². The van der Waals surface area contributed by atoms with Gasteiger partial charge in [0, 0.05) is 0 Å². The van der Waals surface area contributed by atoms with Crippen molar-refractivity contribution in [1.29, 1.82) is 0 Å². The van der Waals surface area contributed by atoms with Crippen LogP contribution in [0.1, 0.15) is 69.0 Å². The average Bonchev–Trinajstić information content (AvgIpc) is 3.83. The number of allylic oxidation sites excluding steroid dienone is 2. The summed E-state index contributed by atoms with van der Waals surface area (Å²) in [4.78, 5) is 0. The van der Waals surface area contributed by atoms with Gasteiger partial charge >= 0.3 is 355 Å². The van der Waals surface area contributed by atoms with E-state index in [-0.39, 0.29) is 7.25 Å². The minimum absolute atomic E-state index is 0.0550. The summed E-state index contributed by atoms with van der Waals surface area (Å²) in [5, 5.41) is 10.3. The number of hydrogen-bond donors (Lipinski definition) is 0. The van der Waals surface area contributed by atoms with Crippen molar-refractivity contribution in [3.05, 3.63) is 179 Å². The van der Waals surface area contributed by atoms with Crippen molar-refractivity contribution in [2.24, 2.45) is 0 Å². The molecule has 4 heteroatoms. The molecule has 0 amide bonds. The van der Waals surface area contributed by atoms with Crippen LogP contribution in [0.5, 0.6) is 0 Å². The monoisotopic (exact) mass is 885 g/mol. The third kappa shape index (κ3) is 5.69. The van der Waals surface area contributed by atoms with Gasteiger partial charge in [-0.1, -0.05) is 0 Å². The van der Waals surface area contributed by atoms with Gasteiger partial charge in [0.25, 0.3) is 0 Å². The van der Waals surface area contributed by atoms with Crippen molar-refractivity contribution < 1.29 is 15.6 Å². The standard InChI is InChI=1S/2C26H21.C2H7Si.2ClH.Zr/c2*1-2-8-18-15-19-10-7-14-24(25(19)16-18)26-17-20-9-3-4-11-21(20)22-12-5-6-13-23(22)26;1-3-2;;;/h2*3-7,9-17H,2,8H2,1H3;3H,1-2H3;2*1H;/q;;;;;+2/p-2. The summed E-state index contributed by atoms with van der Waals surface area (Å²) in [5.41, 5.74) is 13.4. The Balaban J connectivity index is 1.20. The zero-order valence-electron chi connectivity index (χ0n) is 33.8. The first kappa shape index (κ1) is 38.2. The first-order valence-electron chi connectivity index (χ1n) is 21.3. The van der Waals surface area contributed by atoms with E-state index in [1.807, 2.05) is 0 Å². The summed E-state index contributed by atoms with van der Waals surface area (Å²) >= 11 is -5.02. The average molecular weight is 888 g/mol. The third-order valence-electron chi connectivity index (χ3n) is 13.7. The molecule has 58 heavy (non-hydrogen) atoms. The van der Waals surface area contributed by atoms with Crippen LogP contribution in [-0.2, 0) is 15.6 Å².